The molecule has 2 aromatic rings. The van der Waals surface area contributed by atoms with Gasteiger partial charge in [0.1, 0.15) is 5.54 Å². The van der Waals surface area contributed by atoms with E-state index in [1.807, 2.05) is 12.1 Å². The summed E-state index contributed by atoms with van der Waals surface area (Å²) in [4.78, 5) is 22.1. The molecule has 0 radical (unpaired) electrons. The lowest BCUT2D eigenvalue weighted by Gasteiger charge is -2.47. The number of nitrogens with zero attached hydrogens (tertiary/aromatic N) is 4. The first-order chi connectivity index (χ1) is 18.7. The molecule has 0 spiro atoms. The molecular weight excluding hydrogens is 482 g/mol. The van der Waals surface area contributed by atoms with Gasteiger partial charge < -0.3 is 9.88 Å². The van der Waals surface area contributed by atoms with Crippen molar-refractivity contribution in [2.75, 3.05) is 26.2 Å². The summed E-state index contributed by atoms with van der Waals surface area (Å²) in [5.74, 6) is 0.0760. The summed E-state index contributed by atoms with van der Waals surface area (Å²) < 4.78 is 0. The number of hydrogen-bond donors (Lipinski definition) is 1. The van der Waals surface area contributed by atoms with Crippen LogP contribution in [0.1, 0.15) is 87.3 Å². The summed E-state index contributed by atoms with van der Waals surface area (Å²) in [6.07, 6.45) is 10.9. The minimum Gasteiger partial charge on any atom is -0.369 e. The van der Waals surface area contributed by atoms with E-state index in [0.717, 1.165) is 91.7 Å². The highest BCUT2D eigenvalue weighted by Gasteiger charge is 2.40. The highest BCUT2D eigenvalue weighted by molar-refractivity contribution is 6.10. The number of aromatic nitrogens is 1. The smallest absolute Gasteiger partial charge is 0.169 e. The standard InChI is InChI=1S/C33H39N5O/c1-5-25-10-12-29(39)30-26-11-9-24(21-34)20-27(26)36-31(30)32(3,4)23(2)19-28(25)37-15-17-38(18-16-37)33(22-35)13-7-6-8-14-33/h9-11,19-20,36H,2,5-8,12-18H2,1,3-4H3/b25-10-,28-19+. The Labute approximate surface area is 232 Å². The van der Waals surface area contributed by atoms with Gasteiger partial charge >= 0.3 is 0 Å². The number of ketones is 1. The number of benzene rings is 1. The maximum Gasteiger partial charge on any atom is 0.169 e. The van der Waals surface area contributed by atoms with Gasteiger partial charge in [-0.25, -0.2) is 0 Å². The zero-order valence-corrected chi connectivity index (χ0v) is 23.6. The number of piperazine rings is 1. The topological polar surface area (TPSA) is 86.9 Å². The number of carbonyl (C=O) groups excluding carboxylic acids is 1. The van der Waals surface area contributed by atoms with Crippen LogP contribution in [-0.4, -0.2) is 52.3 Å². The molecule has 1 aliphatic heterocycles. The molecule has 202 valence electrons. The van der Waals surface area contributed by atoms with Gasteiger partial charge in [-0.1, -0.05) is 58.8 Å². The van der Waals surface area contributed by atoms with Crippen molar-refractivity contribution in [3.8, 4) is 12.1 Å². The lowest BCUT2D eigenvalue weighted by atomic mass is 9.77. The number of Topliss-reactive ketones (excluding diaryl/α,β-unsaturated/α-hetero) is 1. The Hall–Kier alpha value is -3.61. The van der Waals surface area contributed by atoms with E-state index in [9.17, 15) is 15.3 Å². The summed E-state index contributed by atoms with van der Waals surface area (Å²) in [5.41, 5.74) is 5.33. The van der Waals surface area contributed by atoms with Crippen molar-refractivity contribution < 1.29 is 4.79 Å². The van der Waals surface area contributed by atoms with Gasteiger partial charge in [-0.15, -0.1) is 0 Å². The summed E-state index contributed by atoms with van der Waals surface area (Å²) in [6.45, 7) is 14.3. The van der Waals surface area contributed by atoms with Gasteiger partial charge in [-0.2, -0.15) is 10.5 Å². The van der Waals surface area contributed by atoms with Crippen LogP contribution in [0.3, 0.4) is 0 Å². The first-order valence-corrected chi connectivity index (χ1v) is 14.4. The Morgan fingerprint density at radius 1 is 1.08 bits per heavy atom. The van der Waals surface area contributed by atoms with Crippen molar-refractivity contribution in [3.63, 3.8) is 0 Å². The van der Waals surface area contributed by atoms with E-state index < -0.39 is 5.41 Å². The lowest BCUT2D eigenvalue weighted by molar-refractivity contribution is 0.0528. The third-order valence-corrected chi connectivity index (χ3v) is 9.30. The summed E-state index contributed by atoms with van der Waals surface area (Å²) in [5, 5.41) is 20.4. The molecule has 5 rings (SSSR count). The summed E-state index contributed by atoms with van der Waals surface area (Å²) >= 11 is 0. The zero-order valence-electron chi connectivity index (χ0n) is 23.6. The molecule has 6 nitrogen and oxygen atoms in total. The normalized spacial score (nSPS) is 24.6. The molecule has 1 N–H and O–H groups in total. The first-order valence-electron chi connectivity index (χ1n) is 14.4. The van der Waals surface area contributed by atoms with E-state index >= 15 is 0 Å². The average molecular weight is 522 g/mol. The Morgan fingerprint density at radius 3 is 2.44 bits per heavy atom. The van der Waals surface area contributed by atoms with Crippen LogP contribution in [0.4, 0.5) is 0 Å². The summed E-state index contributed by atoms with van der Waals surface area (Å²) in [7, 11) is 0. The monoisotopic (exact) mass is 521 g/mol. The summed E-state index contributed by atoms with van der Waals surface area (Å²) in [6, 6.07) is 10.4. The number of nitrogens with one attached hydrogen (secondary N) is 1. The fourth-order valence-corrected chi connectivity index (χ4v) is 6.68. The van der Waals surface area contributed by atoms with Crippen molar-refractivity contribution in [3.05, 3.63) is 70.6 Å². The van der Waals surface area contributed by atoms with Crippen LogP contribution in [0.2, 0.25) is 0 Å². The van der Waals surface area contributed by atoms with E-state index in [1.165, 1.54) is 6.42 Å². The molecule has 3 aliphatic rings. The van der Waals surface area contributed by atoms with E-state index in [0.29, 0.717) is 17.5 Å². The van der Waals surface area contributed by atoms with Crippen LogP contribution in [-0.2, 0) is 5.41 Å². The molecule has 1 aromatic carbocycles. The van der Waals surface area contributed by atoms with E-state index in [4.69, 9.17) is 0 Å². The third-order valence-electron chi connectivity index (χ3n) is 9.30. The lowest BCUT2D eigenvalue weighted by Crippen LogP contribution is -2.57. The maximum absolute atomic E-state index is 13.7. The minimum atomic E-state index is -0.521. The van der Waals surface area contributed by atoms with E-state index in [1.54, 1.807) is 6.07 Å². The SMILES string of the molecule is C=C1/C=C(N2CCN(C3(C#N)CCCCC3)CC2)\C(CC)=C/CC(=O)c2c([nH]c3cc(C#N)ccc23)C1(C)C. The predicted molar refractivity (Wildman–Crippen MR) is 155 cm³/mol. The Balaban J connectivity index is 1.50. The van der Waals surface area contributed by atoms with Crippen molar-refractivity contribution >= 4 is 16.7 Å². The van der Waals surface area contributed by atoms with E-state index in [-0.39, 0.29) is 11.3 Å². The highest BCUT2D eigenvalue weighted by atomic mass is 16.1. The minimum absolute atomic E-state index is 0.0760. The number of nitriles is 2. The fraction of sp³-hybridized carbons (Fsp3) is 0.485. The zero-order chi connectivity index (χ0) is 27.8. The second-order valence-corrected chi connectivity index (χ2v) is 11.8. The predicted octanol–water partition coefficient (Wildman–Crippen LogP) is 6.52. The van der Waals surface area contributed by atoms with Crippen LogP contribution in [0.5, 0.6) is 0 Å². The first kappa shape index (κ1) is 27.0. The Morgan fingerprint density at radius 2 is 1.79 bits per heavy atom. The third kappa shape index (κ3) is 4.72. The molecule has 6 heteroatoms. The molecule has 1 saturated heterocycles. The molecule has 1 aromatic heterocycles. The van der Waals surface area contributed by atoms with Gasteiger partial charge in [0.2, 0.25) is 0 Å². The highest BCUT2D eigenvalue weighted by Crippen LogP contribution is 2.40. The van der Waals surface area contributed by atoms with Gasteiger partial charge in [0.25, 0.3) is 0 Å². The van der Waals surface area contributed by atoms with Crippen LogP contribution >= 0.6 is 0 Å². The number of rotatable bonds is 3. The average Bonchev–Trinajstić information content (AvgIpc) is 3.36. The van der Waals surface area contributed by atoms with Crippen LogP contribution in [0, 0.1) is 22.7 Å². The molecular formula is C33H39N5O. The number of carbonyl (C=O) groups is 1. The second-order valence-electron chi connectivity index (χ2n) is 11.8. The fourth-order valence-electron chi connectivity index (χ4n) is 6.68. The van der Waals surface area contributed by atoms with Crippen molar-refractivity contribution in [1.29, 1.82) is 10.5 Å². The van der Waals surface area contributed by atoms with Crippen LogP contribution in [0.15, 0.2) is 53.8 Å². The molecule has 2 aliphatic carbocycles. The van der Waals surface area contributed by atoms with Crippen molar-refractivity contribution in [2.45, 2.75) is 76.7 Å². The number of aromatic amines is 1. The molecule has 2 heterocycles. The molecule has 2 fully saturated rings. The second kappa shape index (κ2) is 10.5. The van der Waals surface area contributed by atoms with Crippen LogP contribution in [0.25, 0.3) is 10.9 Å². The van der Waals surface area contributed by atoms with Crippen molar-refractivity contribution in [2.24, 2.45) is 0 Å². The molecule has 39 heavy (non-hydrogen) atoms. The van der Waals surface area contributed by atoms with Gasteiger partial charge in [0.15, 0.2) is 5.78 Å². The van der Waals surface area contributed by atoms with Gasteiger partial charge in [0, 0.05) is 65.9 Å². The molecule has 1 saturated carbocycles. The molecule has 0 atom stereocenters. The van der Waals surface area contributed by atoms with Gasteiger partial charge in [-0.05, 0) is 48.6 Å². The number of H-pyrrole nitrogens is 1. The van der Waals surface area contributed by atoms with Crippen LogP contribution < -0.4 is 0 Å². The number of fused-ring (bicyclic) bond motifs is 3. The Kier molecular flexibility index (Phi) is 7.27. The molecule has 0 unspecified atom stereocenters. The van der Waals surface area contributed by atoms with Gasteiger partial charge in [0.05, 0.1) is 17.7 Å². The van der Waals surface area contributed by atoms with E-state index in [2.05, 4.69) is 66.4 Å². The number of hydrogen-bond acceptors (Lipinski definition) is 5. The molecule has 0 bridgehead atoms. The number of allylic oxidation sites excluding steroid dienone is 4. The quantitative estimate of drug-likeness (QED) is 0.497. The largest absolute Gasteiger partial charge is 0.369 e. The Bertz CT molecular complexity index is 1440. The van der Waals surface area contributed by atoms with Crippen molar-refractivity contribution in [1.82, 2.24) is 14.8 Å². The molecule has 0 amide bonds. The maximum atomic E-state index is 13.7. The van der Waals surface area contributed by atoms with Gasteiger partial charge in [-0.3, -0.25) is 9.69 Å².